The van der Waals surface area contributed by atoms with Crippen molar-refractivity contribution >= 4 is 50.8 Å². The molecule has 0 spiro atoms. The molecule has 2 aromatic rings. The van der Waals surface area contributed by atoms with Gasteiger partial charge in [-0.3, -0.25) is 10.1 Å². The van der Waals surface area contributed by atoms with Gasteiger partial charge >= 0.3 is 12.1 Å². The molecule has 0 bridgehead atoms. The molecule has 2 N–H and O–H groups in total. The van der Waals surface area contributed by atoms with Crippen molar-refractivity contribution in [3.05, 3.63) is 70.4 Å². The number of amides is 1. The number of ether oxygens (including phenoxy) is 1. The molecule has 14 heteroatoms. The first kappa shape index (κ1) is 26.4. The Hall–Kier alpha value is -4.25. The number of aliphatic carboxylic acids is 1. The van der Waals surface area contributed by atoms with Gasteiger partial charge in [0.15, 0.2) is 0 Å². The predicted molar refractivity (Wildman–Crippen MR) is 141 cm³/mol. The van der Waals surface area contributed by atoms with Crippen LogP contribution in [0.15, 0.2) is 68.5 Å². The van der Waals surface area contributed by atoms with Gasteiger partial charge in [-0.15, -0.1) is 0 Å². The van der Waals surface area contributed by atoms with Crippen molar-refractivity contribution in [2.75, 3.05) is 24.7 Å². The zero-order valence-corrected chi connectivity index (χ0v) is 22.1. The number of carbonyl (C=O) groups is 2. The average molecular weight is 570 g/mol. The van der Waals surface area contributed by atoms with Crippen molar-refractivity contribution in [1.29, 1.82) is 0 Å². The Balaban J connectivity index is 1.25. The maximum Gasteiger partial charge on any atom is 0.412 e. The minimum Gasteiger partial charge on any atom is -0.480 e. The summed E-state index contributed by atoms with van der Waals surface area (Å²) in [5.74, 6) is 4.44. The number of rotatable bonds is 6. The molecule has 5 rings (SSSR count). The first-order valence-corrected chi connectivity index (χ1v) is 13.7. The highest BCUT2D eigenvalue weighted by Crippen LogP contribution is 2.42. The zero-order chi connectivity index (χ0) is 27.9. The second kappa shape index (κ2) is 9.81. The molecular formula is C25H20ClN5O7S. The van der Waals surface area contributed by atoms with Crippen LogP contribution < -0.4 is 5.32 Å². The number of sulfonamides is 1. The Morgan fingerprint density at radius 2 is 1.92 bits per heavy atom. The molecule has 200 valence electrons. The fourth-order valence-corrected chi connectivity index (χ4v) is 5.32. The number of carboxylic acids is 1. The third-order valence-electron chi connectivity index (χ3n) is 6.29. The largest absolute Gasteiger partial charge is 0.480 e. The summed E-state index contributed by atoms with van der Waals surface area (Å²) < 4.78 is 35.1. The Morgan fingerprint density at radius 3 is 2.59 bits per heavy atom. The lowest BCUT2D eigenvalue weighted by Gasteiger charge is -2.45. The van der Waals surface area contributed by atoms with Crippen molar-refractivity contribution in [2.45, 2.75) is 13.0 Å². The Labute approximate surface area is 227 Å². The molecule has 3 aliphatic heterocycles. The van der Waals surface area contributed by atoms with E-state index < -0.39 is 33.6 Å². The number of hydrogen-bond donors (Lipinski definition) is 2. The lowest BCUT2D eigenvalue weighted by atomic mass is 9.78. The number of aliphatic imine (C=N–C) groups is 2. The summed E-state index contributed by atoms with van der Waals surface area (Å²) in [6, 6.07) is 7.01. The van der Waals surface area contributed by atoms with Gasteiger partial charge in [-0.05, 0) is 30.9 Å². The summed E-state index contributed by atoms with van der Waals surface area (Å²) in [5.41, 5.74) is 0.804. The second-order valence-electron chi connectivity index (χ2n) is 8.98. The van der Waals surface area contributed by atoms with E-state index in [4.69, 9.17) is 20.9 Å². The van der Waals surface area contributed by atoms with Crippen LogP contribution in [0.2, 0.25) is 5.02 Å². The maximum absolute atomic E-state index is 12.4. The van der Waals surface area contributed by atoms with Crippen LogP contribution in [0, 0.1) is 17.3 Å². The standard InChI is InChI=1S/C25H20ClN5O7S/c1-14(16-5-3-4-6-17(16)26)37-24(34)30-20-11-27-38-21(20)8-7-15-9-18-19(28-15)10-22(29-18)25(23(32)33)12-31(13-25)39(2,35)36/h3-6,9-11,14H,12-13H2,1-2H3,(H,30,34)(H,32,33). The molecule has 39 heavy (non-hydrogen) atoms. The Kier molecular flexibility index (Phi) is 6.63. The smallest absolute Gasteiger partial charge is 0.412 e. The summed E-state index contributed by atoms with van der Waals surface area (Å²) in [6.07, 6.45) is 4.02. The topological polar surface area (TPSA) is 164 Å². The molecule has 1 atom stereocenters. The molecule has 1 amide bonds. The van der Waals surface area contributed by atoms with Crippen LogP contribution in [-0.2, 0) is 19.6 Å². The summed E-state index contributed by atoms with van der Waals surface area (Å²) in [4.78, 5) is 33.1. The maximum atomic E-state index is 12.4. The highest BCUT2D eigenvalue weighted by atomic mass is 35.5. The quantitative estimate of drug-likeness (QED) is 0.501. The van der Waals surface area contributed by atoms with Crippen LogP contribution in [0.4, 0.5) is 10.5 Å². The van der Waals surface area contributed by atoms with E-state index in [0.717, 1.165) is 10.6 Å². The Morgan fingerprint density at radius 1 is 1.21 bits per heavy atom. The number of hydrogen-bond acceptors (Lipinski definition) is 9. The monoisotopic (exact) mass is 569 g/mol. The lowest BCUT2D eigenvalue weighted by molar-refractivity contribution is -0.152. The molecule has 1 fully saturated rings. The number of aromatic nitrogens is 1. The van der Waals surface area contributed by atoms with E-state index in [1.54, 1.807) is 37.3 Å². The third-order valence-corrected chi connectivity index (χ3v) is 7.83. The molecule has 0 aliphatic carbocycles. The van der Waals surface area contributed by atoms with Crippen LogP contribution in [-0.4, -0.2) is 65.8 Å². The van der Waals surface area contributed by atoms with Crippen molar-refractivity contribution < 1.29 is 32.4 Å². The fraction of sp³-hybridized carbons (Fsp3) is 0.240. The molecule has 3 aliphatic rings. The van der Waals surface area contributed by atoms with Gasteiger partial charge in [0.25, 0.3) is 0 Å². The number of allylic oxidation sites excluding steroid dienone is 3. The van der Waals surface area contributed by atoms with E-state index >= 15 is 0 Å². The average Bonchev–Trinajstić information content (AvgIpc) is 3.51. The third kappa shape index (κ3) is 5.09. The van der Waals surface area contributed by atoms with Crippen LogP contribution in [0.1, 0.15) is 24.4 Å². The number of carbonyl (C=O) groups excluding carboxylic acids is 1. The van der Waals surface area contributed by atoms with Crippen LogP contribution in [0.5, 0.6) is 0 Å². The van der Waals surface area contributed by atoms with Gasteiger partial charge in [-0.2, -0.15) is 4.31 Å². The zero-order valence-electron chi connectivity index (χ0n) is 20.5. The highest BCUT2D eigenvalue weighted by Gasteiger charge is 2.56. The molecule has 12 nitrogen and oxygen atoms in total. The summed E-state index contributed by atoms with van der Waals surface area (Å²) >= 11 is 6.15. The Bertz CT molecular complexity index is 1690. The normalized spacial score (nSPS) is 18.3. The summed E-state index contributed by atoms with van der Waals surface area (Å²) in [6.45, 7) is 1.29. The minimum absolute atomic E-state index is 0.0637. The molecule has 1 saturated heterocycles. The van der Waals surface area contributed by atoms with Crippen LogP contribution in [0.25, 0.3) is 0 Å². The van der Waals surface area contributed by atoms with Gasteiger partial charge in [0, 0.05) is 29.8 Å². The molecule has 0 saturated carbocycles. The van der Waals surface area contributed by atoms with Gasteiger partial charge in [0.2, 0.25) is 15.8 Å². The number of fused-ring (bicyclic) bond motifs is 1. The molecule has 1 aromatic carbocycles. The van der Waals surface area contributed by atoms with E-state index in [1.807, 2.05) is 0 Å². The number of nitrogens with one attached hydrogen (secondary N) is 1. The number of carboxylic acid groups (broad SMARTS) is 1. The minimum atomic E-state index is -3.51. The van der Waals surface area contributed by atoms with Crippen molar-refractivity contribution in [3.8, 4) is 11.8 Å². The SMILES string of the molecule is CC(OC(=O)Nc1cnoc1C#CC1=CC2=NC(C3(C(=O)O)CN(S(C)(=O)=O)C3)=CC2=N1)c1ccccc1Cl. The number of halogens is 1. The van der Waals surface area contributed by atoms with Gasteiger partial charge in [0.05, 0.1) is 29.6 Å². The van der Waals surface area contributed by atoms with E-state index in [0.29, 0.717) is 27.7 Å². The van der Waals surface area contributed by atoms with E-state index in [2.05, 4.69) is 32.3 Å². The van der Waals surface area contributed by atoms with Crippen molar-refractivity contribution in [1.82, 2.24) is 9.46 Å². The second-order valence-corrected chi connectivity index (χ2v) is 11.4. The molecule has 1 unspecified atom stereocenters. The first-order chi connectivity index (χ1) is 18.5. The van der Waals surface area contributed by atoms with Crippen LogP contribution in [0.3, 0.4) is 0 Å². The van der Waals surface area contributed by atoms with Crippen LogP contribution >= 0.6 is 11.6 Å². The van der Waals surface area contributed by atoms with E-state index in [-0.39, 0.29) is 30.2 Å². The molecular weight excluding hydrogens is 550 g/mol. The van der Waals surface area contributed by atoms with Crippen molar-refractivity contribution in [2.24, 2.45) is 15.4 Å². The van der Waals surface area contributed by atoms with Gasteiger partial charge in [0.1, 0.15) is 22.9 Å². The summed E-state index contributed by atoms with van der Waals surface area (Å²) in [5, 5.41) is 16.4. The van der Waals surface area contributed by atoms with Crippen molar-refractivity contribution in [3.63, 3.8) is 0 Å². The van der Waals surface area contributed by atoms with Gasteiger partial charge in [-0.1, -0.05) is 35.0 Å². The fourth-order valence-electron chi connectivity index (χ4n) is 4.12. The van der Waals surface area contributed by atoms with Gasteiger partial charge in [-0.25, -0.2) is 23.2 Å². The van der Waals surface area contributed by atoms with E-state index in [9.17, 15) is 23.1 Å². The molecule has 4 heterocycles. The molecule has 0 radical (unpaired) electrons. The predicted octanol–water partition coefficient (Wildman–Crippen LogP) is 3.01. The first-order valence-electron chi connectivity index (χ1n) is 11.5. The summed E-state index contributed by atoms with van der Waals surface area (Å²) in [7, 11) is -3.51. The molecule has 1 aromatic heterocycles. The highest BCUT2D eigenvalue weighted by molar-refractivity contribution is 7.88. The van der Waals surface area contributed by atoms with E-state index in [1.165, 1.54) is 12.3 Å². The lowest BCUT2D eigenvalue weighted by Crippen LogP contribution is -2.62. The number of benzene rings is 1. The number of anilines is 1. The van der Waals surface area contributed by atoms with Gasteiger partial charge < -0.3 is 14.4 Å². The number of nitrogens with zero attached hydrogens (tertiary/aromatic N) is 4.